The third-order valence-electron chi connectivity index (χ3n) is 3.70. The summed E-state index contributed by atoms with van der Waals surface area (Å²) in [6, 6.07) is 13.8. The summed E-state index contributed by atoms with van der Waals surface area (Å²) in [6.45, 7) is 1.86. The van der Waals surface area contributed by atoms with Gasteiger partial charge in [0.05, 0.1) is 18.4 Å². The van der Waals surface area contributed by atoms with Crippen LogP contribution in [-0.4, -0.2) is 24.0 Å². The fourth-order valence-electron chi connectivity index (χ4n) is 2.61. The van der Waals surface area contributed by atoms with E-state index in [4.69, 9.17) is 4.74 Å². The number of carbonyl (C=O) groups is 2. The van der Waals surface area contributed by atoms with E-state index < -0.39 is 17.6 Å². The lowest BCUT2D eigenvalue weighted by Gasteiger charge is -2.15. The average Bonchev–Trinajstić information content (AvgIpc) is 2.77. The van der Waals surface area contributed by atoms with E-state index in [1.165, 1.54) is 7.11 Å². The molecule has 2 aromatic rings. The number of ether oxygens (including phenoxy) is 1. The predicted molar refractivity (Wildman–Crippen MR) is 86.2 cm³/mol. The van der Waals surface area contributed by atoms with E-state index in [-0.39, 0.29) is 5.57 Å². The highest BCUT2D eigenvalue weighted by Crippen LogP contribution is 2.35. The standard InChI is InChI=1S/C18H15NO4/c1-11-6-5-7-12(10-11)19-17(21)15(16(20)18(19)22)13-8-3-4-9-14(13)23-2/h3-10,20H,1-2H3. The molecular formula is C18H15NO4. The highest BCUT2D eigenvalue weighted by Gasteiger charge is 2.41. The van der Waals surface area contributed by atoms with Gasteiger partial charge in [-0.1, -0.05) is 30.3 Å². The number of benzene rings is 2. The molecule has 0 bridgehead atoms. The average molecular weight is 309 g/mol. The summed E-state index contributed by atoms with van der Waals surface area (Å²) in [6.07, 6.45) is 0. The zero-order chi connectivity index (χ0) is 16.6. The number of aryl methyl sites for hydroxylation is 1. The fourth-order valence-corrected chi connectivity index (χ4v) is 2.61. The van der Waals surface area contributed by atoms with E-state index >= 15 is 0 Å². The summed E-state index contributed by atoms with van der Waals surface area (Å²) in [4.78, 5) is 26.1. The minimum atomic E-state index is -0.735. The van der Waals surface area contributed by atoms with Gasteiger partial charge in [-0.25, -0.2) is 4.90 Å². The number of para-hydroxylation sites is 1. The largest absolute Gasteiger partial charge is 0.502 e. The molecule has 0 saturated heterocycles. The second kappa shape index (κ2) is 5.61. The number of aliphatic hydroxyl groups excluding tert-OH is 1. The minimum Gasteiger partial charge on any atom is -0.502 e. The predicted octanol–water partition coefficient (Wildman–Crippen LogP) is 2.85. The molecule has 116 valence electrons. The van der Waals surface area contributed by atoms with Crippen molar-refractivity contribution in [2.45, 2.75) is 6.92 Å². The Hall–Kier alpha value is -3.08. The van der Waals surface area contributed by atoms with Crippen molar-refractivity contribution in [3.63, 3.8) is 0 Å². The lowest BCUT2D eigenvalue weighted by molar-refractivity contribution is -0.121. The Balaban J connectivity index is 2.10. The number of hydrogen-bond donors (Lipinski definition) is 1. The van der Waals surface area contributed by atoms with Crippen LogP contribution in [-0.2, 0) is 9.59 Å². The van der Waals surface area contributed by atoms with Crippen LogP contribution in [0, 0.1) is 6.92 Å². The van der Waals surface area contributed by atoms with E-state index in [2.05, 4.69) is 0 Å². The fraction of sp³-hybridized carbons (Fsp3) is 0.111. The molecule has 5 nitrogen and oxygen atoms in total. The van der Waals surface area contributed by atoms with Crippen molar-refractivity contribution in [2.24, 2.45) is 0 Å². The molecule has 2 aromatic carbocycles. The van der Waals surface area contributed by atoms with Crippen molar-refractivity contribution < 1.29 is 19.4 Å². The van der Waals surface area contributed by atoms with Gasteiger partial charge in [0.25, 0.3) is 5.91 Å². The van der Waals surface area contributed by atoms with E-state index in [1.54, 1.807) is 42.5 Å². The third kappa shape index (κ3) is 2.36. The summed E-state index contributed by atoms with van der Waals surface area (Å²) >= 11 is 0. The number of nitrogens with zero attached hydrogens (tertiary/aromatic N) is 1. The number of amides is 2. The van der Waals surface area contributed by atoms with E-state index in [9.17, 15) is 14.7 Å². The molecule has 1 N–H and O–H groups in total. The molecule has 0 saturated carbocycles. The molecular weight excluding hydrogens is 294 g/mol. The van der Waals surface area contributed by atoms with Crippen molar-refractivity contribution >= 4 is 23.1 Å². The molecule has 0 aliphatic carbocycles. The van der Waals surface area contributed by atoms with Crippen LogP contribution in [0.4, 0.5) is 5.69 Å². The van der Waals surface area contributed by atoms with Gasteiger partial charge in [-0.2, -0.15) is 0 Å². The molecule has 5 heteroatoms. The Morgan fingerprint density at radius 2 is 1.74 bits per heavy atom. The molecule has 1 aliphatic rings. The first kappa shape index (κ1) is 14.8. The van der Waals surface area contributed by atoms with Gasteiger partial charge in [0.1, 0.15) is 5.75 Å². The summed E-state index contributed by atoms with van der Waals surface area (Å²) < 4.78 is 5.22. The maximum atomic E-state index is 12.7. The molecule has 3 rings (SSSR count). The molecule has 0 unspecified atom stereocenters. The molecule has 0 fully saturated rings. The van der Waals surface area contributed by atoms with Crippen molar-refractivity contribution in [1.82, 2.24) is 0 Å². The first-order chi connectivity index (χ1) is 11.0. The Morgan fingerprint density at radius 1 is 1.00 bits per heavy atom. The Kier molecular flexibility index (Phi) is 3.62. The maximum Gasteiger partial charge on any atom is 0.301 e. The van der Waals surface area contributed by atoms with Crippen LogP contribution in [0.1, 0.15) is 11.1 Å². The van der Waals surface area contributed by atoms with Gasteiger partial charge in [-0.15, -0.1) is 0 Å². The number of hydrogen-bond acceptors (Lipinski definition) is 4. The van der Waals surface area contributed by atoms with Gasteiger partial charge in [-0.3, -0.25) is 9.59 Å². The monoisotopic (exact) mass is 309 g/mol. The Bertz CT molecular complexity index is 838. The van der Waals surface area contributed by atoms with Gasteiger partial charge in [0.2, 0.25) is 0 Å². The molecule has 0 spiro atoms. The zero-order valence-electron chi connectivity index (χ0n) is 12.7. The van der Waals surface area contributed by atoms with Crippen LogP contribution >= 0.6 is 0 Å². The van der Waals surface area contributed by atoms with Crippen LogP contribution in [0.25, 0.3) is 5.57 Å². The van der Waals surface area contributed by atoms with E-state index in [0.717, 1.165) is 10.5 Å². The number of rotatable bonds is 3. The van der Waals surface area contributed by atoms with Gasteiger partial charge in [-0.05, 0) is 30.7 Å². The normalized spacial score (nSPS) is 14.6. The smallest absolute Gasteiger partial charge is 0.301 e. The highest BCUT2D eigenvalue weighted by molar-refractivity contribution is 6.45. The lowest BCUT2D eigenvalue weighted by Crippen LogP contribution is -2.31. The molecule has 1 heterocycles. The first-order valence-electron chi connectivity index (χ1n) is 7.06. The van der Waals surface area contributed by atoms with Crippen molar-refractivity contribution in [2.75, 3.05) is 12.0 Å². The van der Waals surface area contributed by atoms with Crippen molar-refractivity contribution in [3.8, 4) is 5.75 Å². The van der Waals surface area contributed by atoms with E-state index in [1.807, 2.05) is 13.0 Å². The minimum absolute atomic E-state index is 0.0473. The third-order valence-corrected chi connectivity index (χ3v) is 3.70. The van der Waals surface area contributed by atoms with Crippen LogP contribution < -0.4 is 9.64 Å². The lowest BCUT2D eigenvalue weighted by atomic mass is 10.0. The Morgan fingerprint density at radius 3 is 2.43 bits per heavy atom. The summed E-state index contributed by atoms with van der Waals surface area (Å²) in [5.41, 5.74) is 1.68. The number of imide groups is 1. The van der Waals surface area contributed by atoms with Gasteiger partial charge in [0, 0.05) is 5.56 Å². The van der Waals surface area contributed by atoms with Gasteiger partial charge < -0.3 is 9.84 Å². The molecule has 0 radical (unpaired) electrons. The number of aliphatic hydroxyl groups is 1. The molecule has 2 amide bonds. The van der Waals surface area contributed by atoms with Crippen LogP contribution in [0.5, 0.6) is 5.75 Å². The first-order valence-corrected chi connectivity index (χ1v) is 7.06. The van der Waals surface area contributed by atoms with Crippen LogP contribution in [0.3, 0.4) is 0 Å². The SMILES string of the molecule is COc1ccccc1C1=C(O)C(=O)N(c2cccc(C)c2)C1=O. The maximum absolute atomic E-state index is 12.7. The van der Waals surface area contributed by atoms with Crippen molar-refractivity contribution in [3.05, 3.63) is 65.4 Å². The van der Waals surface area contributed by atoms with Crippen LogP contribution in [0.15, 0.2) is 54.3 Å². The zero-order valence-corrected chi connectivity index (χ0v) is 12.7. The summed E-state index contributed by atoms with van der Waals surface area (Å²) in [5.74, 6) is -1.45. The van der Waals surface area contributed by atoms with E-state index in [0.29, 0.717) is 17.0 Å². The second-order valence-electron chi connectivity index (χ2n) is 5.21. The quantitative estimate of drug-likeness (QED) is 0.885. The number of anilines is 1. The second-order valence-corrected chi connectivity index (χ2v) is 5.21. The topological polar surface area (TPSA) is 66.8 Å². The molecule has 0 aromatic heterocycles. The molecule has 0 atom stereocenters. The highest BCUT2D eigenvalue weighted by atomic mass is 16.5. The van der Waals surface area contributed by atoms with Gasteiger partial charge >= 0.3 is 5.91 Å². The number of methoxy groups -OCH3 is 1. The van der Waals surface area contributed by atoms with Gasteiger partial charge in [0.15, 0.2) is 5.76 Å². The molecule has 23 heavy (non-hydrogen) atoms. The van der Waals surface area contributed by atoms with Crippen LogP contribution in [0.2, 0.25) is 0 Å². The Labute approximate surface area is 133 Å². The molecule has 1 aliphatic heterocycles. The summed E-state index contributed by atoms with van der Waals surface area (Å²) in [7, 11) is 1.47. The summed E-state index contributed by atoms with van der Waals surface area (Å²) in [5, 5.41) is 10.2. The number of carbonyl (C=O) groups excluding carboxylic acids is 2. The van der Waals surface area contributed by atoms with Crippen molar-refractivity contribution in [1.29, 1.82) is 0 Å².